The van der Waals surface area contributed by atoms with Crippen molar-refractivity contribution in [1.82, 2.24) is 24.4 Å². The Morgan fingerprint density at radius 3 is 2.41 bits per heavy atom. The number of hydrogen-bond acceptors (Lipinski definition) is 8. The largest absolute Gasteiger partial charge is 0.487 e. The molecule has 1 saturated heterocycles. The van der Waals surface area contributed by atoms with Gasteiger partial charge in [-0.1, -0.05) is 41.8 Å². The van der Waals surface area contributed by atoms with Crippen LogP contribution >= 0.6 is 23.2 Å². The Bertz CT molecular complexity index is 1780. The number of unbranched alkanes of at least 4 members (excludes halogenated alkanes) is 1. The van der Waals surface area contributed by atoms with E-state index in [4.69, 9.17) is 33.7 Å². The number of benzene rings is 2. The van der Waals surface area contributed by atoms with Crippen LogP contribution in [0, 0.1) is 13.8 Å². The second-order valence-corrected chi connectivity index (χ2v) is 16.0. The van der Waals surface area contributed by atoms with E-state index in [1.807, 2.05) is 46.1 Å². The number of pyridine rings is 1. The number of amides is 2. The van der Waals surface area contributed by atoms with E-state index in [1.54, 1.807) is 15.9 Å². The quantitative estimate of drug-likeness (QED) is 0.223. The van der Waals surface area contributed by atoms with Gasteiger partial charge in [0, 0.05) is 60.3 Å². The number of halogens is 2. The van der Waals surface area contributed by atoms with Crippen LogP contribution < -0.4 is 15.2 Å². The number of aryl methyl sites for hydroxylation is 2. The van der Waals surface area contributed by atoms with Crippen LogP contribution in [0.5, 0.6) is 5.75 Å². The lowest BCUT2D eigenvalue weighted by Gasteiger charge is -2.39. The summed E-state index contributed by atoms with van der Waals surface area (Å²) >= 11 is 13.2. The summed E-state index contributed by atoms with van der Waals surface area (Å²) in [5, 5.41) is 1.07. The average Bonchev–Trinajstić information content (AvgIpc) is 3.02. The molecule has 268 valence electrons. The smallest absolute Gasteiger partial charge is 0.243 e. The summed E-state index contributed by atoms with van der Waals surface area (Å²) in [4.78, 5) is 36.3. The molecule has 1 aromatic heterocycles. The molecular formula is C35H48Cl2N6O5S. The average molecular weight is 736 g/mol. The van der Waals surface area contributed by atoms with Crippen LogP contribution in [-0.2, 0) is 26.2 Å². The van der Waals surface area contributed by atoms with Gasteiger partial charge in [0.2, 0.25) is 21.8 Å². The summed E-state index contributed by atoms with van der Waals surface area (Å²) in [6, 6.07) is 10.1. The molecule has 0 radical (unpaired) electrons. The molecule has 1 fully saturated rings. The minimum Gasteiger partial charge on any atom is -0.487 e. The molecule has 0 unspecified atom stereocenters. The van der Waals surface area contributed by atoms with E-state index in [9.17, 15) is 18.0 Å². The zero-order valence-corrected chi connectivity index (χ0v) is 31.5. The van der Waals surface area contributed by atoms with E-state index in [2.05, 4.69) is 14.6 Å². The number of para-hydroxylation sites is 1. The van der Waals surface area contributed by atoms with Gasteiger partial charge in [0.25, 0.3) is 0 Å². The number of nitrogens with zero attached hydrogens (tertiary/aromatic N) is 4. The molecule has 11 nitrogen and oxygen atoms in total. The van der Waals surface area contributed by atoms with Crippen molar-refractivity contribution < 1.29 is 22.7 Å². The molecule has 2 heterocycles. The summed E-state index contributed by atoms with van der Waals surface area (Å²) in [6.45, 7) is 9.03. The standard InChI is InChI=1S/C35H48Cl2N6O5S/c1-23-20-24(2)39-33-26(23)11-9-12-29(33)48-22-27-28(36)13-14-30(32(27)37)49(46,47)40-35(3,4)34(45)43-18-16-42(17-19-43)31(44)21-25(38)10-7-8-15-41(5)6/h9,11-14,20,25,40H,7-8,10,15-19,21-22,38H2,1-6H3/t25-/m0/s1. The van der Waals surface area contributed by atoms with E-state index in [1.165, 1.54) is 26.0 Å². The fourth-order valence-corrected chi connectivity index (χ4v) is 8.28. The monoisotopic (exact) mass is 734 g/mol. The Hall–Kier alpha value is -3.00. The SMILES string of the molecule is Cc1cc(C)c2cccc(OCc3c(Cl)ccc(S(=O)(=O)NC(C)(C)C(=O)N4CCN(C(=O)C[C@@H](N)CCCCN(C)C)CC4)c3Cl)c2n1. The van der Waals surface area contributed by atoms with Gasteiger partial charge in [-0.2, -0.15) is 4.72 Å². The number of nitrogens with one attached hydrogen (secondary N) is 1. The minimum absolute atomic E-state index is 0.0359. The van der Waals surface area contributed by atoms with Gasteiger partial charge < -0.3 is 25.2 Å². The van der Waals surface area contributed by atoms with Gasteiger partial charge in [0.15, 0.2) is 0 Å². The number of ether oxygens (including phenoxy) is 1. The van der Waals surface area contributed by atoms with Crippen molar-refractivity contribution >= 4 is 55.9 Å². The predicted octanol–water partition coefficient (Wildman–Crippen LogP) is 4.91. The lowest BCUT2D eigenvalue weighted by atomic mass is 10.0. The minimum atomic E-state index is -4.29. The van der Waals surface area contributed by atoms with Crippen molar-refractivity contribution in [1.29, 1.82) is 0 Å². The van der Waals surface area contributed by atoms with Crippen LogP contribution in [0.1, 0.15) is 56.4 Å². The number of hydrogen-bond donors (Lipinski definition) is 2. The van der Waals surface area contributed by atoms with Crippen molar-refractivity contribution in [3.63, 3.8) is 0 Å². The zero-order valence-electron chi connectivity index (χ0n) is 29.2. The van der Waals surface area contributed by atoms with E-state index in [-0.39, 0.29) is 58.6 Å². The lowest BCUT2D eigenvalue weighted by molar-refractivity contribution is -0.142. The van der Waals surface area contributed by atoms with Gasteiger partial charge in [-0.05, 0) is 91.0 Å². The van der Waals surface area contributed by atoms with E-state index in [0.717, 1.165) is 42.5 Å². The molecule has 0 bridgehead atoms. The number of carbonyl (C=O) groups excluding carboxylic acids is 2. The Kier molecular flexibility index (Phi) is 12.9. The van der Waals surface area contributed by atoms with Crippen molar-refractivity contribution in [3.05, 3.63) is 63.3 Å². The third-order valence-corrected chi connectivity index (χ3v) is 11.3. The van der Waals surface area contributed by atoms with Gasteiger partial charge in [0.05, 0.1) is 5.02 Å². The first-order chi connectivity index (χ1) is 23.0. The van der Waals surface area contributed by atoms with Crippen LogP contribution in [-0.4, -0.2) is 98.3 Å². The molecule has 0 saturated carbocycles. The Morgan fingerprint density at radius 2 is 1.73 bits per heavy atom. The number of rotatable bonds is 14. The van der Waals surface area contributed by atoms with Gasteiger partial charge in [-0.3, -0.25) is 9.59 Å². The molecule has 1 aliphatic rings. The van der Waals surface area contributed by atoms with Crippen molar-refractivity contribution in [2.75, 3.05) is 46.8 Å². The molecule has 2 aromatic carbocycles. The summed E-state index contributed by atoms with van der Waals surface area (Å²) in [5.74, 6) is 0.0598. The highest BCUT2D eigenvalue weighted by Crippen LogP contribution is 2.34. The Labute approximate surface area is 300 Å². The van der Waals surface area contributed by atoms with Crippen LogP contribution in [0.3, 0.4) is 0 Å². The van der Waals surface area contributed by atoms with Crippen molar-refractivity contribution in [2.24, 2.45) is 5.73 Å². The number of sulfonamides is 1. The number of nitrogens with two attached hydrogens (primary N) is 1. The number of fused-ring (bicyclic) bond motifs is 1. The molecule has 14 heteroatoms. The molecule has 2 amide bonds. The molecule has 0 aliphatic carbocycles. The van der Waals surface area contributed by atoms with Crippen LogP contribution in [0.25, 0.3) is 10.9 Å². The van der Waals surface area contributed by atoms with Crippen LogP contribution in [0.15, 0.2) is 41.3 Å². The number of piperazine rings is 1. The molecule has 3 aromatic rings. The number of carbonyl (C=O) groups is 2. The summed E-state index contributed by atoms with van der Waals surface area (Å²) in [6.07, 6.45) is 3.02. The fraction of sp³-hybridized carbons (Fsp3) is 0.514. The maximum Gasteiger partial charge on any atom is 0.243 e. The van der Waals surface area contributed by atoms with E-state index < -0.39 is 21.5 Å². The Morgan fingerprint density at radius 1 is 1.06 bits per heavy atom. The normalized spacial score (nSPS) is 14.8. The summed E-state index contributed by atoms with van der Waals surface area (Å²) < 4.78 is 36.0. The summed E-state index contributed by atoms with van der Waals surface area (Å²) in [5.41, 5.74) is 7.57. The van der Waals surface area contributed by atoms with Gasteiger partial charge in [-0.25, -0.2) is 13.4 Å². The van der Waals surface area contributed by atoms with Crippen LogP contribution in [0.4, 0.5) is 0 Å². The van der Waals surface area contributed by atoms with Crippen molar-refractivity contribution in [2.45, 2.75) is 76.5 Å². The molecule has 49 heavy (non-hydrogen) atoms. The van der Waals surface area contributed by atoms with E-state index in [0.29, 0.717) is 24.4 Å². The molecule has 1 aliphatic heterocycles. The van der Waals surface area contributed by atoms with Crippen molar-refractivity contribution in [3.8, 4) is 5.75 Å². The highest BCUT2D eigenvalue weighted by atomic mass is 35.5. The lowest BCUT2D eigenvalue weighted by Crippen LogP contribution is -2.60. The first kappa shape index (κ1) is 38.8. The van der Waals surface area contributed by atoms with Crippen LogP contribution in [0.2, 0.25) is 10.0 Å². The predicted molar refractivity (Wildman–Crippen MR) is 195 cm³/mol. The Balaban J connectivity index is 1.38. The molecular weight excluding hydrogens is 687 g/mol. The maximum absolute atomic E-state index is 13.7. The zero-order chi connectivity index (χ0) is 36.1. The third kappa shape index (κ3) is 9.83. The summed E-state index contributed by atoms with van der Waals surface area (Å²) in [7, 11) is -0.236. The van der Waals surface area contributed by atoms with Gasteiger partial charge >= 0.3 is 0 Å². The van der Waals surface area contributed by atoms with Gasteiger partial charge in [-0.15, -0.1) is 0 Å². The highest BCUT2D eigenvalue weighted by molar-refractivity contribution is 7.89. The van der Waals surface area contributed by atoms with Gasteiger partial charge in [0.1, 0.15) is 28.3 Å². The fourth-order valence-electron chi connectivity index (χ4n) is 6.02. The maximum atomic E-state index is 13.7. The number of aromatic nitrogens is 1. The molecule has 4 rings (SSSR count). The first-order valence-electron chi connectivity index (χ1n) is 16.5. The molecule has 3 N–H and O–H groups in total. The second-order valence-electron chi connectivity index (χ2n) is 13.5. The second kappa shape index (κ2) is 16.3. The highest BCUT2D eigenvalue weighted by Gasteiger charge is 2.39. The third-order valence-electron chi connectivity index (χ3n) is 8.66. The molecule has 1 atom stereocenters. The van der Waals surface area contributed by atoms with E-state index >= 15 is 0 Å². The first-order valence-corrected chi connectivity index (χ1v) is 18.7. The molecule has 0 spiro atoms. The topological polar surface area (TPSA) is 138 Å².